The SMILES string of the molecule is CCCN(C)c1cc(Nc2cccc(N)c2)ncn1. The molecule has 0 bridgehead atoms. The third-order valence-corrected chi connectivity index (χ3v) is 2.76. The zero-order valence-corrected chi connectivity index (χ0v) is 11.3. The topological polar surface area (TPSA) is 67.1 Å². The number of nitrogens with zero attached hydrogens (tertiary/aromatic N) is 3. The van der Waals surface area contributed by atoms with Gasteiger partial charge in [-0.25, -0.2) is 9.97 Å². The fraction of sp³-hybridized carbons (Fsp3) is 0.286. The summed E-state index contributed by atoms with van der Waals surface area (Å²) in [6.07, 6.45) is 2.65. The fourth-order valence-corrected chi connectivity index (χ4v) is 1.84. The van der Waals surface area contributed by atoms with Gasteiger partial charge in [-0.3, -0.25) is 0 Å². The van der Waals surface area contributed by atoms with E-state index in [-0.39, 0.29) is 0 Å². The molecule has 0 fully saturated rings. The number of nitrogen functional groups attached to an aromatic ring is 1. The van der Waals surface area contributed by atoms with E-state index in [1.165, 1.54) is 0 Å². The minimum atomic E-state index is 0.724. The molecule has 2 rings (SSSR count). The zero-order valence-electron chi connectivity index (χ0n) is 11.3. The van der Waals surface area contributed by atoms with Crippen molar-refractivity contribution in [2.45, 2.75) is 13.3 Å². The molecule has 0 unspecified atom stereocenters. The van der Waals surface area contributed by atoms with E-state index in [1.54, 1.807) is 6.33 Å². The van der Waals surface area contributed by atoms with Gasteiger partial charge in [-0.2, -0.15) is 0 Å². The maximum Gasteiger partial charge on any atom is 0.135 e. The van der Waals surface area contributed by atoms with Gasteiger partial charge < -0.3 is 16.0 Å². The van der Waals surface area contributed by atoms with E-state index < -0.39 is 0 Å². The maximum absolute atomic E-state index is 5.75. The predicted molar refractivity (Wildman–Crippen MR) is 79.7 cm³/mol. The van der Waals surface area contributed by atoms with Crippen molar-refractivity contribution in [3.05, 3.63) is 36.7 Å². The second-order valence-electron chi connectivity index (χ2n) is 4.43. The second kappa shape index (κ2) is 6.04. The molecule has 1 aromatic heterocycles. The number of benzene rings is 1. The Labute approximate surface area is 113 Å². The number of rotatable bonds is 5. The van der Waals surface area contributed by atoms with Crippen LogP contribution in [0.4, 0.5) is 23.0 Å². The van der Waals surface area contributed by atoms with Gasteiger partial charge in [-0.1, -0.05) is 13.0 Å². The zero-order chi connectivity index (χ0) is 13.7. The molecule has 0 aliphatic rings. The number of aromatic nitrogens is 2. The minimum Gasteiger partial charge on any atom is -0.399 e. The van der Waals surface area contributed by atoms with Crippen LogP contribution in [0.15, 0.2) is 36.7 Å². The molecule has 0 saturated heterocycles. The van der Waals surface area contributed by atoms with E-state index >= 15 is 0 Å². The summed E-state index contributed by atoms with van der Waals surface area (Å²) < 4.78 is 0. The monoisotopic (exact) mass is 257 g/mol. The van der Waals surface area contributed by atoms with Crippen molar-refractivity contribution >= 4 is 23.0 Å². The number of hydrogen-bond donors (Lipinski definition) is 2. The highest BCUT2D eigenvalue weighted by Gasteiger charge is 2.03. The highest BCUT2D eigenvalue weighted by atomic mass is 15.2. The van der Waals surface area contributed by atoms with Gasteiger partial charge >= 0.3 is 0 Å². The van der Waals surface area contributed by atoms with Gasteiger partial charge in [-0.15, -0.1) is 0 Å². The van der Waals surface area contributed by atoms with Crippen LogP contribution in [-0.2, 0) is 0 Å². The van der Waals surface area contributed by atoms with Gasteiger partial charge in [0.2, 0.25) is 0 Å². The third kappa shape index (κ3) is 3.58. The van der Waals surface area contributed by atoms with Crippen LogP contribution in [-0.4, -0.2) is 23.6 Å². The highest BCUT2D eigenvalue weighted by molar-refractivity contribution is 5.62. The number of nitrogens with two attached hydrogens (primary N) is 1. The lowest BCUT2D eigenvalue weighted by Gasteiger charge is -2.17. The Kier molecular flexibility index (Phi) is 4.18. The number of hydrogen-bond acceptors (Lipinski definition) is 5. The first-order valence-corrected chi connectivity index (χ1v) is 6.35. The highest BCUT2D eigenvalue weighted by Crippen LogP contribution is 2.19. The Morgan fingerprint density at radius 1 is 1.26 bits per heavy atom. The van der Waals surface area contributed by atoms with Gasteiger partial charge in [0.25, 0.3) is 0 Å². The van der Waals surface area contributed by atoms with E-state index in [4.69, 9.17) is 5.73 Å². The molecule has 0 saturated carbocycles. The average Bonchev–Trinajstić information content (AvgIpc) is 2.39. The first-order chi connectivity index (χ1) is 9.19. The first kappa shape index (κ1) is 13.1. The van der Waals surface area contributed by atoms with Crippen molar-refractivity contribution in [3.63, 3.8) is 0 Å². The summed E-state index contributed by atoms with van der Waals surface area (Å²) in [6.45, 7) is 3.11. The Hall–Kier alpha value is -2.30. The Morgan fingerprint density at radius 3 is 2.84 bits per heavy atom. The predicted octanol–water partition coefficient (Wildman–Crippen LogP) is 2.65. The van der Waals surface area contributed by atoms with Crippen molar-refractivity contribution in [1.29, 1.82) is 0 Å². The summed E-state index contributed by atoms with van der Waals surface area (Å²) >= 11 is 0. The maximum atomic E-state index is 5.75. The smallest absolute Gasteiger partial charge is 0.135 e. The molecule has 1 aromatic carbocycles. The number of nitrogens with one attached hydrogen (secondary N) is 1. The Bertz CT molecular complexity index is 541. The first-order valence-electron chi connectivity index (χ1n) is 6.35. The molecule has 0 aliphatic carbocycles. The van der Waals surface area contributed by atoms with Crippen molar-refractivity contribution < 1.29 is 0 Å². The van der Waals surface area contributed by atoms with E-state index in [0.717, 1.165) is 36.0 Å². The van der Waals surface area contributed by atoms with Crippen LogP contribution in [0, 0.1) is 0 Å². The van der Waals surface area contributed by atoms with E-state index in [0.29, 0.717) is 0 Å². The van der Waals surface area contributed by atoms with Crippen LogP contribution in [0.1, 0.15) is 13.3 Å². The Morgan fingerprint density at radius 2 is 2.11 bits per heavy atom. The molecule has 19 heavy (non-hydrogen) atoms. The lowest BCUT2D eigenvalue weighted by Crippen LogP contribution is -2.19. The van der Waals surface area contributed by atoms with Gasteiger partial charge in [0.1, 0.15) is 18.0 Å². The second-order valence-corrected chi connectivity index (χ2v) is 4.43. The molecule has 0 aliphatic heterocycles. The molecular weight excluding hydrogens is 238 g/mol. The molecule has 0 atom stereocenters. The van der Waals surface area contributed by atoms with Gasteiger partial charge in [0, 0.05) is 31.0 Å². The molecule has 100 valence electrons. The van der Waals surface area contributed by atoms with Gasteiger partial charge in [0.15, 0.2) is 0 Å². The molecule has 1 heterocycles. The van der Waals surface area contributed by atoms with Crippen LogP contribution in [0.25, 0.3) is 0 Å². The summed E-state index contributed by atoms with van der Waals surface area (Å²) in [5.74, 6) is 1.67. The average molecular weight is 257 g/mol. The lowest BCUT2D eigenvalue weighted by molar-refractivity contribution is 0.835. The van der Waals surface area contributed by atoms with Crippen LogP contribution in [0.2, 0.25) is 0 Å². The Balaban J connectivity index is 2.15. The van der Waals surface area contributed by atoms with Crippen LogP contribution >= 0.6 is 0 Å². The normalized spacial score (nSPS) is 10.2. The molecule has 5 nitrogen and oxygen atoms in total. The molecule has 0 radical (unpaired) electrons. The molecule has 2 aromatic rings. The van der Waals surface area contributed by atoms with E-state index in [1.807, 2.05) is 37.4 Å². The van der Waals surface area contributed by atoms with Crippen LogP contribution < -0.4 is 16.0 Å². The summed E-state index contributed by atoms with van der Waals surface area (Å²) in [7, 11) is 2.02. The summed E-state index contributed by atoms with van der Waals surface area (Å²) in [4.78, 5) is 10.6. The quantitative estimate of drug-likeness (QED) is 0.806. The molecular formula is C14H19N5. The minimum absolute atomic E-state index is 0.724. The van der Waals surface area contributed by atoms with Crippen molar-refractivity contribution in [2.75, 3.05) is 29.5 Å². The van der Waals surface area contributed by atoms with Gasteiger partial charge in [-0.05, 0) is 24.6 Å². The van der Waals surface area contributed by atoms with E-state index in [9.17, 15) is 0 Å². The summed E-state index contributed by atoms with van der Waals surface area (Å²) in [6, 6.07) is 9.51. The molecule has 0 spiro atoms. The lowest BCUT2D eigenvalue weighted by atomic mass is 10.3. The third-order valence-electron chi connectivity index (χ3n) is 2.76. The van der Waals surface area contributed by atoms with Crippen molar-refractivity contribution in [1.82, 2.24) is 9.97 Å². The molecule has 0 amide bonds. The van der Waals surface area contributed by atoms with Gasteiger partial charge in [0.05, 0.1) is 0 Å². The van der Waals surface area contributed by atoms with E-state index in [2.05, 4.69) is 27.1 Å². The standard InChI is InChI=1S/C14H19N5/c1-3-7-19(2)14-9-13(16-10-17-14)18-12-6-4-5-11(15)8-12/h4-6,8-10H,3,7,15H2,1-2H3,(H,16,17,18). The molecule has 5 heteroatoms. The fourth-order valence-electron chi connectivity index (χ4n) is 1.84. The van der Waals surface area contributed by atoms with Crippen molar-refractivity contribution in [3.8, 4) is 0 Å². The summed E-state index contributed by atoms with van der Waals surface area (Å²) in [5.41, 5.74) is 7.39. The largest absolute Gasteiger partial charge is 0.399 e. The number of anilines is 4. The van der Waals surface area contributed by atoms with Crippen molar-refractivity contribution in [2.24, 2.45) is 0 Å². The molecule has 3 N–H and O–H groups in total. The summed E-state index contributed by atoms with van der Waals surface area (Å²) in [5, 5.41) is 3.22. The van der Waals surface area contributed by atoms with Crippen LogP contribution in [0.5, 0.6) is 0 Å². The van der Waals surface area contributed by atoms with Crippen LogP contribution in [0.3, 0.4) is 0 Å².